The van der Waals surface area contributed by atoms with Gasteiger partial charge in [0.05, 0.1) is 0 Å². The molecule has 0 saturated carbocycles. The summed E-state index contributed by atoms with van der Waals surface area (Å²) in [5.41, 5.74) is 0. The molecule has 7 heteroatoms. The highest BCUT2D eigenvalue weighted by atomic mass is 16.2. The zero-order valence-corrected chi connectivity index (χ0v) is 14.1. The Bertz CT molecular complexity index is 453. The number of piperazine rings is 1. The Balaban J connectivity index is 1.87. The zero-order chi connectivity index (χ0) is 16.1. The van der Waals surface area contributed by atoms with Gasteiger partial charge in [0.15, 0.2) is 0 Å². The van der Waals surface area contributed by atoms with E-state index in [1.54, 1.807) is 11.0 Å². The number of aromatic nitrogens is 3. The first kappa shape index (κ1) is 16.9. The molecule has 2 heterocycles. The molecular formula is C15H28N6O. The summed E-state index contributed by atoms with van der Waals surface area (Å²) in [7, 11) is 2.16. The monoisotopic (exact) mass is 308 g/mol. The Hall–Kier alpha value is -1.47. The summed E-state index contributed by atoms with van der Waals surface area (Å²) in [5.74, 6) is 0.496. The SMILES string of the molecule is CC(C)[C@H](CNC(=O)[C@H](C)n1cncn1)N1CCN(C)CC1. The van der Waals surface area contributed by atoms with Gasteiger partial charge in [-0.1, -0.05) is 13.8 Å². The molecule has 1 amide bonds. The fraction of sp³-hybridized carbons (Fsp3) is 0.800. The first-order chi connectivity index (χ1) is 10.5. The van der Waals surface area contributed by atoms with Gasteiger partial charge in [-0.05, 0) is 19.9 Å². The van der Waals surface area contributed by atoms with Crippen molar-refractivity contribution in [1.82, 2.24) is 29.9 Å². The molecule has 1 N–H and O–H groups in total. The van der Waals surface area contributed by atoms with Crippen LogP contribution in [-0.2, 0) is 4.79 Å². The lowest BCUT2D eigenvalue weighted by Gasteiger charge is -2.40. The lowest BCUT2D eigenvalue weighted by molar-refractivity contribution is -0.124. The van der Waals surface area contributed by atoms with Crippen LogP contribution < -0.4 is 5.32 Å². The van der Waals surface area contributed by atoms with E-state index < -0.39 is 0 Å². The summed E-state index contributed by atoms with van der Waals surface area (Å²) in [6, 6.07) is 0.0448. The smallest absolute Gasteiger partial charge is 0.244 e. The topological polar surface area (TPSA) is 66.3 Å². The maximum absolute atomic E-state index is 12.3. The second-order valence-electron chi connectivity index (χ2n) is 6.45. The van der Waals surface area contributed by atoms with E-state index in [-0.39, 0.29) is 11.9 Å². The molecule has 1 aliphatic rings. The number of hydrogen-bond donors (Lipinski definition) is 1. The van der Waals surface area contributed by atoms with Gasteiger partial charge in [-0.15, -0.1) is 0 Å². The third kappa shape index (κ3) is 4.27. The molecule has 1 fully saturated rings. The van der Waals surface area contributed by atoms with Crippen molar-refractivity contribution in [1.29, 1.82) is 0 Å². The lowest BCUT2D eigenvalue weighted by Crippen LogP contribution is -2.54. The Labute approximate surface area is 132 Å². The first-order valence-electron chi connectivity index (χ1n) is 8.03. The fourth-order valence-corrected chi connectivity index (χ4v) is 2.83. The van der Waals surface area contributed by atoms with Gasteiger partial charge in [-0.3, -0.25) is 9.69 Å². The van der Waals surface area contributed by atoms with Crippen LogP contribution in [0.15, 0.2) is 12.7 Å². The highest BCUT2D eigenvalue weighted by molar-refractivity contribution is 5.79. The number of rotatable bonds is 6. The van der Waals surface area contributed by atoms with E-state index in [1.165, 1.54) is 6.33 Å². The van der Waals surface area contributed by atoms with Gasteiger partial charge in [0.2, 0.25) is 5.91 Å². The Morgan fingerprint density at radius 1 is 1.23 bits per heavy atom. The maximum atomic E-state index is 12.3. The number of carbonyl (C=O) groups excluding carboxylic acids is 1. The average molecular weight is 308 g/mol. The van der Waals surface area contributed by atoms with Gasteiger partial charge in [0.1, 0.15) is 18.7 Å². The van der Waals surface area contributed by atoms with E-state index in [0.29, 0.717) is 18.5 Å². The van der Waals surface area contributed by atoms with Crippen molar-refractivity contribution in [2.45, 2.75) is 32.9 Å². The highest BCUT2D eigenvalue weighted by Crippen LogP contribution is 2.13. The quantitative estimate of drug-likeness (QED) is 0.815. The van der Waals surface area contributed by atoms with Crippen molar-refractivity contribution < 1.29 is 4.79 Å². The second-order valence-corrected chi connectivity index (χ2v) is 6.45. The highest BCUT2D eigenvalue weighted by Gasteiger charge is 2.26. The van der Waals surface area contributed by atoms with Crippen LogP contribution in [0.5, 0.6) is 0 Å². The summed E-state index contributed by atoms with van der Waals surface area (Å²) in [5, 5.41) is 7.10. The van der Waals surface area contributed by atoms with Gasteiger partial charge >= 0.3 is 0 Å². The van der Waals surface area contributed by atoms with E-state index in [4.69, 9.17) is 0 Å². The van der Waals surface area contributed by atoms with E-state index in [1.807, 2.05) is 6.92 Å². The average Bonchev–Trinajstić information content (AvgIpc) is 3.02. The number of amides is 1. The zero-order valence-electron chi connectivity index (χ0n) is 14.1. The molecule has 0 spiro atoms. The molecule has 0 aliphatic carbocycles. The molecule has 1 saturated heterocycles. The van der Waals surface area contributed by atoms with E-state index in [9.17, 15) is 4.79 Å². The van der Waals surface area contributed by atoms with E-state index in [0.717, 1.165) is 26.2 Å². The normalized spacial score (nSPS) is 20.0. The second kappa shape index (κ2) is 7.69. The van der Waals surface area contributed by atoms with Gasteiger partial charge < -0.3 is 10.2 Å². The number of nitrogens with one attached hydrogen (secondary N) is 1. The third-order valence-electron chi connectivity index (χ3n) is 4.47. The summed E-state index contributed by atoms with van der Waals surface area (Å²) in [4.78, 5) is 21.0. The molecule has 2 rings (SSSR count). The van der Waals surface area contributed by atoms with Crippen molar-refractivity contribution >= 4 is 5.91 Å². The molecular weight excluding hydrogens is 280 g/mol. The van der Waals surface area contributed by atoms with Gasteiger partial charge in [-0.25, -0.2) is 9.67 Å². The van der Waals surface area contributed by atoms with Crippen LogP contribution in [0.25, 0.3) is 0 Å². The maximum Gasteiger partial charge on any atom is 0.244 e. The molecule has 7 nitrogen and oxygen atoms in total. The molecule has 0 unspecified atom stereocenters. The fourth-order valence-electron chi connectivity index (χ4n) is 2.83. The Kier molecular flexibility index (Phi) is 5.90. The molecule has 22 heavy (non-hydrogen) atoms. The molecule has 1 aromatic heterocycles. The first-order valence-corrected chi connectivity index (χ1v) is 8.03. The van der Waals surface area contributed by atoms with Crippen molar-refractivity contribution in [2.75, 3.05) is 39.8 Å². The number of hydrogen-bond acceptors (Lipinski definition) is 5. The van der Waals surface area contributed by atoms with Crippen LogP contribution in [0.4, 0.5) is 0 Å². The predicted molar refractivity (Wildman–Crippen MR) is 85.4 cm³/mol. The largest absolute Gasteiger partial charge is 0.353 e. The van der Waals surface area contributed by atoms with Crippen molar-refractivity contribution in [3.8, 4) is 0 Å². The minimum absolute atomic E-state index is 0.00900. The summed E-state index contributed by atoms with van der Waals surface area (Å²) >= 11 is 0. The molecule has 0 bridgehead atoms. The summed E-state index contributed by atoms with van der Waals surface area (Å²) < 4.78 is 1.58. The van der Waals surface area contributed by atoms with Crippen LogP contribution in [0.1, 0.15) is 26.8 Å². The number of carbonyl (C=O) groups is 1. The predicted octanol–water partition coefficient (Wildman–Crippen LogP) is 0.227. The minimum atomic E-state index is -0.331. The van der Waals surface area contributed by atoms with E-state index >= 15 is 0 Å². The van der Waals surface area contributed by atoms with Gasteiger partial charge in [-0.2, -0.15) is 5.10 Å². The van der Waals surface area contributed by atoms with Crippen LogP contribution in [0, 0.1) is 5.92 Å². The standard InChI is InChI=1S/C15H28N6O/c1-12(2)14(20-7-5-19(4)6-8-20)9-17-15(22)13(3)21-11-16-10-18-21/h10-14H,5-9H2,1-4H3,(H,17,22)/t13-,14-/m0/s1. The molecule has 124 valence electrons. The molecule has 2 atom stereocenters. The van der Waals surface area contributed by atoms with Crippen molar-refractivity contribution in [3.63, 3.8) is 0 Å². The lowest BCUT2D eigenvalue weighted by atomic mass is 10.0. The summed E-state index contributed by atoms with van der Waals surface area (Å²) in [6.45, 7) is 11.3. The summed E-state index contributed by atoms with van der Waals surface area (Å²) in [6.07, 6.45) is 3.02. The Morgan fingerprint density at radius 3 is 2.45 bits per heavy atom. The van der Waals surface area contributed by atoms with Crippen LogP contribution in [0.2, 0.25) is 0 Å². The van der Waals surface area contributed by atoms with Crippen LogP contribution >= 0.6 is 0 Å². The van der Waals surface area contributed by atoms with Crippen LogP contribution in [0.3, 0.4) is 0 Å². The third-order valence-corrected chi connectivity index (χ3v) is 4.47. The number of nitrogens with zero attached hydrogens (tertiary/aromatic N) is 5. The van der Waals surface area contributed by atoms with Crippen LogP contribution in [-0.4, -0.2) is 76.3 Å². The molecule has 1 aliphatic heterocycles. The van der Waals surface area contributed by atoms with Gasteiger partial charge in [0.25, 0.3) is 0 Å². The van der Waals surface area contributed by atoms with Gasteiger partial charge in [0, 0.05) is 38.8 Å². The van der Waals surface area contributed by atoms with Crippen molar-refractivity contribution in [2.24, 2.45) is 5.92 Å². The molecule has 1 aromatic rings. The Morgan fingerprint density at radius 2 is 1.91 bits per heavy atom. The van der Waals surface area contributed by atoms with E-state index in [2.05, 4.69) is 46.1 Å². The molecule has 0 radical (unpaired) electrons. The van der Waals surface area contributed by atoms with Crippen molar-refractivity contribution in [3.05, 3.63) is 12.7 Å². The molecule has 0 aromatic carbocycles. The number of likely N-dealkylation sites (N-methyl/N-ethyl adjacent to an activating group) is 1. The minimum Gasteiger partial charge on any atom is -0.353 e.